The zero-order valence-corrected chi connectivity index (χ0v) is 10.9. The second-order valence-electron chi connectivity index (χ2n) is 5.03. The monoisotopic (exact) mass is 267 g/mol. The number of nitrogens with zero attached hydrogens (tertiary/aromatic N) is 2. The molecule has 2 fully saturated rings. The van der Waals surface area contributed by atoms with Gasteiger partial charge in [-0.2, -0.15) is 0 Å². The number of carbonyl (C=O) groups excluding carboxylic acids is 1. The maximum absolute atomic E-state index is 12.0. The maximum Gasteiger partial charge on any atom is 0.271 e. The van der Waals surface area contributed by atoms with Crippen LogP contribution in [0.5, 0.6) is 0 Å². The molecule has 0 unspecified atom stereocenters. The predicted molar refractivity (Wildman–Crippen MR) is 70.1 cm³/mol. The fraction of sp³-hybridized carbons (Fsp3) is 0.667. The zero-order valence-electron chi connectivity index (χ0n) is 10.1. The minimum Gasteiger partial charge on any atom is -0.389 e. The van der Waals surface area contributed by atoms with Crippen molar-refractivity contribution >= 4 is 22.4 Å². The van der Waals surface area contributed by atoms with E-state index in [1.165, 1.54) is 24.2 Å². The van der Waals surface area contributed by atoms with Crippen molar-refractivity contribution in [2.75, 3.05) is 18.0 Å². The number of hydrogen-bond donors (Lipinski definition) is 2. The van der Waals surface area contributed by atoms with Crippen molar-refractivity contribution < 1.29 is 9.90 Å². The Balaban J connectivity index is 1.60. The maximum atomic E-state index is 12.0. The molecule has 1 aromatic heterocycles. The first-order valence-corrected chi connectivity index (χ1v) is 7.30. The molecule has 1 saturated heterocycles. The number of hydrogen-bond acceptors (Lipinski definition) is 5. The summed E-state index contributed by atoms with van der Waals surface area (Å²) in [6.45, 7) is 1.24. The summed E-state index contributed by atoms with van der Waals surface area (Å²) in [6.07, 6.45) is 4.34. The Labute approximate surface area is 110 Å². The van der Waals surface area contributed by atoms with Crippen LogP contribution in [0.15, 0.2) is 5.38 Å². The molecule has 2 heterocycles. The average molecular weight is 267 g/mol. The first kappa shape index (κ1) is 11.9. The summed E-state index contributed by atoms with van der Waals surface area (Å²) in [7, 11) is 0. The third-order valence-corrected chi connectivity index (χ3v) is 4.45. The van der Waals surface area contributed by atoms with Gasteiger partial charge in [0.2, 0.25) is 0 Å². The molecule has 2 aliphatic rings. The van der Waals surface area contributed by atoms with Crippen LogP contribution >= 0.6 is 11.3 Å². The lowest BCUT2D eigenvalue weighted by molar-refractivity contribution is 0.0933. The molecule has 2 N–H and O–H groups in total. The lowest BCUT2D eigenvalue weighted by Gasteiger charge is -2.35. The topological polar surface area (TPSA) is 65.5 Å². The largest absolute Gasteiger partial charge is 0.389 e. The Morgan fingerprint density at radius 3 is 2.83 bits per heavy atom. The summed E-state index contributed by atoms with van der Waals surface area (Å²) >= 11 is 1.46. The molecule has 3 rings (SSSR count). The van der Waals surface area contributed by atoms with Crippen molar-refractivity contribution in [3.8, 4) is 0 Å². The molecule has 1 aliphatic carbocycles. The highest BCUT2D eigenvalue weighted by Gasteiger charge is 2.27. The van der Waals surface area contributed by atoms with Gasteiger partial charge in [-0.05, 0) is 12.8 Å². The molecule has 5 nitrogen and oxygen atoms in total. The minimum atomic E-state index is -0.246. The highest BCUT2D eigenvalue weighted by molar-refractivity contribution is 7.14. The van der Waals surface area contributed by atoms with E-state index in [2.05, 4.69) is 10.3 Å². The molecular formula is C12H17N3O2S. The Morgan fingerprint density at radius 2 is 2.17 bits per heavy atom. The van der Waals surface area contributed by atoms with Crippen LogP contribution in [0, 0.1) is 0 Å². The van der Waals surface area contributed by atoms with E-state index < -0.39 is 0 Å². The van der Waals surface area contributed by atoms with E-state index >= 15 is 0 Å². The summed E-state index contributed by atoms with van der Waals surface area (Å²) in [4.78, 5) is 18.3. The van der Waals surface area contributed by atoms with Gasteiger partial charge in [0.1, 0.15) is 5.69 Å². The number of anilines is 1. The van der Waals surface area contributed by atoms with Crippen molar-refractivity contribution in [1.82, 2.24) is 10.3 Å². The number of aliphatic hydroxyl groups is 1. The molecule has 0 atom stereocenters. The first-order valence-electron chi connectivity index (χ1n) is 6.42. The third-order valence-electron chi connectivity index (χ3n) is 3.55. The standard InChI is InChI=1S/C12H17N3O2S/c16-9-5-15(6-9)12-14-10(7-18-12)11(17)13-8-3-1-2-4-8/h7-9,16H,1-6H2,(H,13,17). The van der Waals surface area contributed by atoms with Gasteiger partial charge in [-0.1, -0.05) is 12.8 Å². The average Bonchev–Trinajstić information content (AvgIpc) is 2.94. The molecule has 0 radical (unpaired) electrons. The first-order chi connectivity index (χ1) is 8.72. The molecule has 1 aromatic rings. The van der Waals surface area contributed by atoms with Crippen LogP contribution in [0.1, 0.15) is 36.2 Å². The summed E-state index contributed by atoms with van der Waals surface area (Å²) in [5.74, 6) is -0.0644. The summed E-state index contributed by atoms with van der Waals surface area (Å²) < 4.78 is 0. The molecular weight excluding hydrogens is 250 g/mol. The van der Waals surface area contributed by atoms with E-state index in [1.54, 1.807) is 5.38 Å². The van der Waals surface area contributed by atoms with Gasteiger partial charge >= 0.3 is 0 Å². The van der Waals surface area contributed by atoms with Gasteiger partial charge in [0.25, 0.3) is 5.91 Å². The van der Waals surface area contributed by atoms with E-state index in [-0.39, 0.29) is 12.0 Å². The highest BCUT2D eigenvalue weighted by Crippen LogP contribution is 2.25. The van der Waals surface area contributed by atoms with E-state index in [1.807, 2.05) is 4.90 Å². The number of aromatic nitrogens is 1. The molecule has 1 amide bonds. The zero-order chi connectivity index (χ0) is 12.5. The lowest BCUT2D eigenvalue weighted by atomic mass is 10.2. The summed E-state index contributed by atoms with van der Waals surface area (Å²) in [5, 5.41) is 14.9. The number of aliphatic hydroxyl groups excluding tert-OH is 1. The molecule has 18 heavy (non-hydrogen) atoms. The molecule has 0 bridgehead atoms. The molecule has 98 valence electrons. The van der Waals surface area contributed by atoms with E-state index in [9.17, 15) is 9.90 Å². The van der Waals surface area contributed by atoms with Crippen LogP contribution in [0.2, 0.25) is 0 Å². The van der Waals surface area contributed by atoms with E-state index in [4.69, 9.17) is 0 Å². The van der Waals surface area contributed by atoms with Crippen LogP contribution in [-0.4, -0.2) is 41.2 Å². The van der Waals surface area contributed by atoms with Crippen LogP contribution in [0.4, 0.5) is 5.13 Å². The van der Waals surface area contributed by atoms with Gasteiger partial charge in [-0.15, -0.1) is 11.3 Å². The van der Waals surface area contributed by atoms with Gasteiger partial charge < -0.3 is 15.3 Å². The third kappa shape index (κ3) is 2.35. The van der Waals surface area contributed by atoms with Gasteiger partial charge in [0.15, 0.2) is 5.13 Å². The summed E-state index contributed by atoms with van der Waals surface area (Å²) in [5.41, 5.74) is 0.503. The van der Waals surface area contributed by atoms with Crippen molar-refractivity contribution in [1.29, 1.82) is 0 Å². The number of nitrogens with one attached hydrogen (secondary N) is 1. The SMILES string of the molecule is O=C(NC1CCCC1)c1csc(N2CC(O)C2)n1. The lowest BCUT2D eigenvalue weighted by Crippen LogP contribution is -2.50. The van der Waals surface area contributed by atoms with Crippen molar-refractivity contribution in [3.05, 3.63) is 11.1 Å². The van der Waals surface area contributed by atoms with Crippen LogP contribution in [-0.2, 0) is 0 Å². The highest BCUT2D eigenvalue weighted by atomic mass is 32.1. The molecule has 0 spiro atoms. The van der Waals surface area contributed by atoms with Crippen molar-refractivity contribution in [3.63, 3.8) is 0 Å². The Morgan fingerprint density at radius 1 is 1.44 bits per heavy atom. The Bertz CT molecular complexity index is 436. The number of rotatable bonds is 3. The number of thiazole rings is 1. The number of β-amino-alcohol motifs (C(OH)–C–C–N with tert-alkyl or cyclic N) is 1. The fourth-order valence-corrected chi connectivity index (χ4v) is 3.28. The predicted octanol–water partition coefficient (Wildman–Crippen LogP) is 0.996. The Hall–Kier alpha value is -1.14. The molecule has 1 aliphatic heterocycles. The quantitative estimate of drug-likeness (QED) is 0.857. The van der Waals surface area contributed by atoms with Gasteiger partial charge in [0.05, 0.1) is 6.10 Å². The van der Waals surface area contributed by atoms with Crippen molar-refractivity contribution in [2.45, 2.75) is 37.8 Å². The molecule has 6 heteroatoms. The van der Waals surface area contributed by atoms with Crippen LogP contribution < -0.4 is 10.2 Å². The molecule has 1 saturated carbocycles. The fourth-order valence-electron chi connectivity index (χ4n) is 2.45. The van der Waals surface area contributed by atoms with E-state index in [0.29, 0.717) is 24.8 Å². The normalized spacial score (nSPS) is 21.1. The Kier molecular flexibility index (Phi) is 3.22. The second kappa shape index (κ2) is 4.85. The van der Waals surface area contributed by atoms with Crippen molar-refractivity contribution in [2.24, 2.45) is 0 Å². The molecule has 0 aromatic carbocycles. The van der Waals surface area contributed by atoms with Crippen LogP contribution in [0.3, 0.4) is 0 Å². The second-order valence-corrected chi connectivity index (χ2v) is 5.87. The summed E-state index contributed by atoms with van der Waals surface area (Å²) in [6, 6.07) is 0.327. The number of amides is 1. The smallest absolute Gasteiger partial charge is 0.271 e. The van der Waals surface area contributed by atoms with Gasteiger partial charge in [-0.25, -0.2) is 4.98 Å². The van der Waals surface area contributed by atoms with Gasteiger partial charge in [0, 0.05) is 24.5 Å². The van der Waals surface area contributed by atoms with Gasteiger partial charge in [-0.3, -0.25) is 4.79 Å². The van der Waals surface area contributed by atoms with E-state index in [0.717, 1.165) is 18.0 Å². The minimum absolute atomic E-state index is 0.0644. The van der Waals surface area contributed by atoms with Crippen LogP contribution in [0.25, 0.3) is 0 Å². The number of carbonyl (C=O) groups is 1.